The van der Waals surface area contributed by atoms with Crippen molar-refractivity contribution in [3.8, 4) is 6.07 Å². The predicted octanol–water partition coefficient (Wildman–Crippen LogP) is -1.36. The third kappa shape index (κ3) is 6.87. The van der Waals surface area contributed by atoms with Crippen molar-refractivity contribution >= 4 is 12.0 Å². The molecule has 0 spiro atoms. The molecule has 1 unspecified atom stereocenters. The van der Waals surface area contributed by atoms with Gasteiger partial charge in [-0.15, -0.1) is 0 Å². The van der Waals surface area contributed by atoms with Crippen molar-refractivity contribution in [2.24, 2.45) is 0 Å². The number of carbonyl (C=O) groups is 2. The molecule has 7 nitrogen and oxygen atoms in total. The topological polar surface area (TPSA) is 122 Å². The molecule has 0 aromatic rings. The Morgan fingerprint density at radius 1 is 1.43 bits per heavy atom. The smallest absolute Gasteiger partial charge is 0.404 e. The highest BCUT2D eigenvalue weighted by Gasteiger charge is 2.10. The molecule has 0 aromatic carbocycles. The van der Waals surface area contributed by atoms with Gasteiger partial charge in [0.25, 0.3) is 0 Å². The molecular weight excluding hydrogens is 190 g/mol. The molecule has 0 aliphatic heterocycles. The minimum absolute atomic E-state index is 0.127. The summed E-state index contributed by atoms with van der Waals surface area (Å²) in [6, 6.07) is 1.70. The molecule has 0 saturated heterocycles. The molecule has 0 aliphatic carbocycles. The van der Waals surface area contributed by atoms with Crippen molar-refractivity contribution in [3.05, 3.63) is 0 Å². The molecule has 1 atom stereocenters. The molecule has 0 radical (unpaired) electrons. The molecular formula is C7H11N3O4. The summed E-state index contributed by atoms with van der Waals surface area (Å²) >= 11 is 0. The molecule has 0 aromatic heterocycles. The number of nitrogens with one attached hydrogen (secondary N) is 2. The third-order valence-electron chi connectivity index (χ3n) is 1.27. The number of hydrogen-bond acceptors (Lipinski definition) is 4. The van der Waals surface area contributed by atoms with Crippen molar-refractivity contribution in [2.75, 3.05) is 13.1 Å². The molecule has 4 N–H and O–H groups in total. The van der Waals surface area contributed by atoms with E-state index in [0.29, 0.717) is 0 Å². The standard InChI is InChI=1S/C7H11N3O4/c8-1-2-9-6(12)3-5(11)4-10-7(13)14/h5,10-11H,2-4H2,(H,9,12)(H,13,14). The first kappa shape index (κ1) is 12.2. The van der Waals surface area contributed by atoms with Crippen molar-refractivity contribution < 1.29 is 19.8 Å². The van der Waals surface area contributed by atoms with Crippen LogP contribution in [0.4, 0.5) is 4.79 Å². The molecule has 7 heteroatoms. The van der Waals surface area contributed by atoms with Gasteiger partial charge in [-0.2, -0.15) is 5.26 Å². The van der Waals surface area contributed by atoms with E-state index in [9.17, 15) is 9.59 Å². The maximum absolute atomic E-state index is 10.9. The fourth-order valence-corrected chi connectivity index (χ4v) is 0.702. The largest absolute Gasteiger partial charge is 0.465 e. The van der Waals surface area contributed by atoms with Crippen LogP contribution in [0.5, 0.6) is 0 Å². The molecule has 14 heavy (non-hydrogen) atoms. The summed E-state index contributed by atoms with van der Waals surface area (Å²) in [5.74, 6) is -0.494. The van der Waals surface area contributed by atoms with Crippen molar-refractivity contribution in [1.29, 1.82) is 5.26 Å². The summed E-state index contributed by atoms with van der Waals surface area (Å²) in [4.78, 5) is 20.9. The number of carbonyl (C=O) groups excluding carboxylic acids is 1. The fourth-order valence-electron chi connectivity index (χ4n) is 0.702. The highest BCUT2D eigenvalue weighted by atomic mass is 16.4. The summed E-state index contributed by atoms with van der Waals surface area (Å²) in [6.07, 6.45) is -2.58. The number of hydrogen-bond donors (Lipinski definition) is 4. The second-order valence-corrected chi connectivity index (χ2v) is 2.48. The summed E-state index contributed by atoms with van der Waals surface area (Å²) in [7, 11) is 0. The minimum atomic E-state index is -1.26. The number of rotatable bonds is 5. The Balaban J connectivity index is 3.61. The number of amides is 2. The fraction of sp³-hybridized carbons (Fsp3) is 0.571. The Morgan fingerprint density at radius 3 is 2.57 bits per heavy atom. The second-order valence-electron chi connectivity index (χ2n) is 2.48. The molecule has 0 saturated carbocycles. The van der Waals surface area contributed by atoms with Crippen LogP contribution in [-0.4, -0.2) is 41.4 Å². The Bertz CT molecular complexity index is 248. The van der Waals surface area contributed by atoms with Gasteiger partial charge in [-0.05, 0) is 0 Å². The van der Waals surface area contributed by atoms with Gasteiger partial charge in [0, 0.05) is 6.54 Å². The second kappa shape index (κ2) is 6.68. The Labute approximate surface area is 80.3 Å². The number of aliphatic hydroxyl groups is 1. The van der Waals surface area contributed by atoms with Gasteiger partial charge in [0.2, 0.25) is 5.91 Å². The molecule has 0 rings (SSSR count). The monoisotopic (exact) mass is 201 g/mol. The maximum Gasteiger partial charge on any atom is 0.404 e. The van der Waals surface area contributed by atoms with Crippen molar-refractivity contribution in [2.45, 2.75) is 12.5 Å². The van der Waals surface area contributed by atoms with Crippen molar-refractivity contribution in [1.82, 2.24) is 10.6 Å². The Hall–Kier alpha value is -1.81. The van der Waals surface area contributed by atoms with Gasteiger partial charge in [0.15, 0.2) is 0 Å². The first-order valence-electron chi connectivity index (χ1n) is 3.84. The van der Waals surface area contributed by atoms with Crippen molar-refractivity contribution in [3.63, 3.8) is 0 Å². The normalized spacial score (nSPS) is 11.1. The molecule has 0 heterocycles. The van der Waals surface area contributed by atoms with Gasteiger partial charge < -0.3 is 20.8 Å². The van der Waals surface area contributed by atoms with Crippen LogP contribution in [-0.2, 0) is 4.79 Å². The van der Waals surface area contributed by atoms with Crippen LogP contribution >= 0.6 is 0 Å². The Morgan fingerprint density at radius 2 is 2.07 bits per heavy atom. The average Bonchev–Trinajstić information content (AvgIpc) is 2.11. The molecule has 0 bridgehead atoms. The van der Waals surface area contributed by atoms with Crippen LogP contribution in [0.2, 0.25) is 0 Å². The van der Waals surface area contributed by atoms with Gasteiger partial charge in [-0.3, -0.25) is 4.79 Å². The minimum Gasteiger partial charge on any atom is -0.465 e. The quantitative estimate of drug-likeness (QED) is 0.409. The van der Waals surface area contributed by atoms with Gasteiger partial charge >= 0.3 is 6.09 Å². The Kier molecular flexibility index (Phi) is 5.82. The van der Waals surface area contributed by atoms with Gasteiger partial charge in [-0.1, -0.05) is 0 Å². The lowest BCUT2D eigenvalue weighted by atomic mass is 10.2. The summed E-state index contributed by atoms with van der Waals surface area (Å²) in [5.41, 5.74) is 0. The van der Waals surface area contributed by atoms with E-state index in [1.165, 1.54) is 0 Å². The van der Waals surface area contributed by atoms with Gasteiger partial charge in [0.05, 0.1) is 18.6 Å². The van der Waals surface area contributed by atoms with E-state index in [2.05, 4.69) is 5.32 Å². The van der Waals surface area contributed by atoms with Crippen LogP contribution in [0.1, 0.15) is 6.42 Å². The zero-order valence-corrected chi connectivity index (χ0v) is 7.36. The molecule has 0 aliphatic rings. The maximum atomic E-state index is 10.9. The number of carboxylic acid groups (broad SMARTS) is 1. The zero-order chi connectivity index (χ0) is 11.0. The number of nitriles is 1. The van der Waals surface area contributed by atoms with E-state index >= 15 is 0 Å². The van der Waals surface area contributed by atoms with E-state index in [0.717, 1.165) is 0 Å². The van der Waals surface area contributed by atoms with E-state index < -0.39 is 18.1 Å². The predicted molar refractivity (Wildman–Crippen MR) is 45.3 cm³/mol. The third-order valence-corrected chi connectivity index (χ3v) is 1.27. The molecule has 2 amide bonds. The first-order chi connectivity index (χ1) is 6.56. The van der Waals surface area contributed by atoms with Crippen LogP contribution in [0.15, 0.2) is 0 Å². The average molecular weight is 201 g/mol. The van der Waals surface area contributed by atoms with Gasteiger partial charge in [0.1, 0.15) is 6.54 Å². The molecule has 78 valence electrons. The van der Waals surface area contributed by atoms with E-state index in [4.69, 9.17) is 15.5 Å². The SMILES string of the molecule is N#CCNC(=O)CC(O)CNC(=O)O. The molecule has 0 fully saturated rings. The number of nitrogens with zero attached hydrogens (tertiary/aromatic N) is 1. The van der Waals surface area contributed by atoms with E-state index in [-0.39, 0.29) is 19.5 Å². The number of aliphatic hydroxyl groups excluding tert-OH is 1. The van der Waals surface area contributed by atoms with E-state index in [1.54, 1.807) is 6.07 Å². The highest BCUT2D eigenvalue weighted by molar-refractivity contribution is 5.76. The van der Waals surface area contributed by atoms with E-state index in [1.807, 2.05) is 5.32 Å². The highest BCUT2D eigenvalue weighted by Crippen LogP contribution is 1.89. The lowest BCUT2D eigenvalue weighted by Crippen LogP contribution is -2.35. The van der Waals surface area contributed by atoms with Gasteiger partial charge in [-0.25, -0.2) is 4.79 Å². The first-order valence-corrected chi connectivity index (χ1v) is 3.84. The van der Waals surface area contributed by atoms with Crippen LogP contribution in [0.3, 0.4) is 0 Å². The lowest BCUT2D eigenvalue weighted by molar-refractivity contribution is -0.122. The zero-order valence-electron chi connectivity index (χ0n) is 7.36. The summed E-state index contributed by atoms with van der Waals surface area (Å²) < 4.78 is 0. The summed E-state index contributed by atoms with van der Waals surface area (Å²) in [5, 5.41) is 29.5. The lowest BCUT2D eigenvalue weighted by Gasteiger charge is -2.08. The summed E-state index contributed by atoms with van der Waals surface area (Å²) in [6.45, 7) is -0.340. The van der Waals surface area contributed by atoms with Crippen LogP contribution in [0, 0.1) is 11.3 Å². The van der Waals surface area contributed by atoms with Crippen LogP contribution < -0.4 is 10.6 Å². The van der Waals surface area contributed by atoms with Crippen LogP contribution in [0.25, 0.3) is 0 Å².